The van der Waals surface area contributed by atoms with Crippen LogP contribution in [0.5, 0.6) is 5.75 Å². The van der Waals surface area contributed by atoms with Gasteiger partial charge in [0.25, 0.3) is 0 Å². The van der Waals surface area contributed by atoms with Crippen molar-refractivity contribution in [2.75, 3.05) is 7.11 Å². The summed E-state index contributed by atoms with van der Waals surface area (Å²) in [5, 5.41) is 0. The molecule has 0 aliphatic heterocycles. The average molecular weight is 200 g/mol. The normalized spacial score (nSPS) is 10.8. The summed E-state index contributed by atoms with van der Waals surface area (Å²) in [6, 6.07) is 3.18. The van der Waals surface area contributed by atoms with Crippen LogP contribution < -0.4 is 4.74 Å². The van der Waals surface area contributed by atoms with E-state index in [1.165, 1.54) is 13.2 Å². The van der Waals surface area contributed by atoms with Crippen LogP contribution in [-0.4, -0.2) is 7.11 Å². The lowest BCUT2D eigenvalue weighted by atomic mass is 10.1. The Balaban J connectivity index is 3.26. The van der Waals surface area contributed by atoms with Crippen LogP contribution in [0.1, 0.15) is 11.1 Å². The molecule has 0 saturated carbocycles. The van der Waals surface area contributed by atoms with Crippen molar-refractivity contribution in [1.82, 2.24) is 0 Å². The van der Waals surface area contributed by atoms with Crippen LogP contribution in [0.3, 0.4) is 0 Å². The van der Waals surface area contributed by atoms with Crippen LogP contribution in [0, 0.1) is 12.3 Å². The number of halogens is 3. The molecule has 0 aliphatic carbocycles. The summed E-state index contributed by atoms with van der Waals surface area (Å²) in [7, 11) is 1.29. The minimum absolute atomic E-state index is 0.104. The van der Waals surface area contributed by atoms with Crippen molar-refractivity contribution < 1.29 is 17.9 Å². The predicted octanol–water partition coefficient (Wildman–Crippen LogP) is 2.70. The zero-order chi connectivity index (χ0) is 10.8. The fourth-order valence-corrected chi connectivity index (χ4v) is 0.964. The van der Waals surface area contributed by atoms with Gasteiger partial charge in [0.15, 0.2) is 0 Å². The Morgan fingerprint density at radius 3 is 2.36 bits per heavy atom. The second-order valence-electron chi connectivity index (χ2n) is 2.59. The number of rotatable bonds is 1. The van der Waals surface area contributed by atoms with Gasteiger partial charge in [-0.3, -0.25) is 0 Å². The molecule has 0 spiro atoms. The first-order chi connectivity index (χ1) is 6.47. The standard InChI is InChI=1S/C10H7F3O/c1-3-7-4-8(10(11,12)13)6-9(5-7)14-2/h1,4-6H,2H3. The fourth-order valence-electron chi connectivity index (χ4n) is 0.964. The van der Waals surface area contributed by atoms with Crippen molar-refractivity contribution in [2.45, 2.75) is 6.18 Å². The lowest BCUT2D eigenvalue weighted by molar-refractivity contribution is -0.137. The van der Waals surface area contributed by atoms with E-state index in [9.17, 15) is 13.2 Å². The SMILES string of the molecule is C#Cc1cc(OC)cc(C(F)(F)F)c1. The molecule has 14 heavy (non-hydrogen) atoms. The molecular weight excluding hydrogens is 193 g/mol. The maximum atomic E-state index is 12.3. The van der Waals surface area contributed by atoms with E-state index in [1.54, 1.807) is 0 Å². The third-order valence-electron chi connectivity index (χ3n) is 1.64. The zero-order valence-electron chi connectivity index (χ0n) is 7.35. The van der Waals surface area contributed by atoms with Gasteiger partial charge in [-0.25, -0.2) is 0 Å². The molecule has 1 aromatic rings. The molecule has 1 rings (SSSR count). The van der Waals surface area contributed by atoms with E-state index >= 15 is 0 Å². The van der Waals surface area contributed by atoms with Crippen LogP contribution >= 0.6 is 0 Å². The molecule has 0 N–H and O–H groups in total. The van der Waals surface area contributed by atoms with E-state index in [0.29, 0.717) is 0 Å². The molecule has 0 amide bonds. The topological polar surface area (TPSA) is 9.23 Å². The Hall–Kier alpha value is -1.63. The van der Waals surface area contributed by atoms with Crippen molar-refractivity contribution in [3.05, 3.63) is 29.3 Å². The van der Waals surface area contributed by atoms with E-state index in [4.69, 9.17) is 11.2 Å². The Kier molecular flexibility index (Phi) is 2.70. The number of alkyl halides is 3. The van der Waals surface area contributed by atoms with E-state index in [-0.39, 0.29) is 11.3 Å². The summed E-state index contributed by atoms with van der Waals surface area (Å²) in [6.07, 6.45) is 0.610. The third-order valence-corrected chi connectivity index (χ3v) is 1.64. The van der Waals surface area contributed by atoms with Gasteiger partial charge in [0.1, 0.15) is 5.75 Å². The largest absolute Gasteiger partial charge is 0.497 e. The van der Waals surface area contributed by atoms with Crippen molar-refractivity contribution in [1.29, 1.82) is 0 Å². The first-order valence-electron chi connectivity index (χ1n) is 3.70. The van der Waals surface area contributed by atoms with E-state index in [2.05, 4.69) is 5.92 Å². The average Bonchev–Trinajstić information content (AvgIpc) is 2.15. The minimum atomic E-state index is -4.40. The van der Waals surface area contributed by atoms with Gasteiger partial charge in [-0.1, -0.05) is 5.92 Å². The van der Waals surface area contributed by atoms with E-state index in [0.717, 1.165) is 12.1 Å². The molecule has 1 aromatic carbocycles. The molecule has 0 unspecified atom stereocenters. The van der Waals surface area contributed by atoms with Gasteiger partial charge in [-0.2, -0.15) is 13.2 Å². The lowest BCUT2D eigenvalue weighted by Crippen LogP contribution is -2.05. The second-order valence-corrected chi connectivity index (χ2v) is 2.59. The monoisotopic (exact) mass is 200 g/mol. The van der Waals surface area contributed by atoms with Crippen molar-refractivity contribution in [3.8, 4) is 18.1 Å². The highest BCUT2D eigenvalue weighted by Crippen LogP contribution is 2.32. The van der Waals surface area contributed by atoms with Crippen molar-refractivity contribution in [3.63, 3.8) is 0 Å². The predicted molar refractivity (Wildman–Crippen MR) is 45.9 cm³/mol. The van der Waals surface area contributed by atoms with Gasteiger partial charge in [-0.05, 0) is 18.2 Å². The zero-order valence-corrected chi connectivity index (χ0v) is 7.35. The third kappa shape index (κ3) is 2.19. The first kappa shape index (κ1) is 10.5. The smallest absolute Gasteiger partial charge is 0.416 e. The molecule has 1 nitrogen and oxygen atoms in total. The quantitative estimate of drug-likeness (QED) is 0.633. The molecule has 0 aromatic heterocycles. The van der Waals surface area contributed by atoms with Crippen LogP contribution in [0.15, 0.2) is 18.2 Å². The Bertz CT molecular complexity index is 374. The molecule has 0 aliphatic rings. The number of hydrogen-bond acceptors (Lipinski definition) is 1. The molecule has 0 atom stereocenters. The Morgan fingerprint density at radius 1 is 1.29 bits per heavy atom. The fraction of sp³-hybridized carbons (Fsp3) is 0.200. The van der Waals surface area contributed by atoms with Gasteiger partial charge in [-0.15, -0.1) is 6.42 Å². The molecule has 0 bridgehead atoms. The second kappa shape index (κ2) is 3.62. The number of terminal acetylenes is 1. The molecule has 0 fully saturated rings. The summed E-state index contributed by atoms with van der Waals surface area (Å²) in [5.41, 5.74) is -0.651. The maximum absolute atomic E-state index is 12.3. The summed E-state index contributed by atoms with van der Waals surface area (Å²) >= 11 is 0. The number of benzene rings is 1. The molecule has 4 heteroatoms. The van der Waals surface area contributed by atoms with Gasteiger partial charge < -0.3 is 4.74 Å². The van der Waals surface area contributed by atoms with Crippen LogP contribution in [-0.2, 0) is 6.18 Å². The molecular formula is C10H7F3O. The minimum Gasteiger partial charge on any atom is -0.497 e. The molecule has 0 heterocycles. The highest BCUT2D eigenvalue weighted by atomic mass is 19.4. The summed E-state index contributed by atoms with van der Waals surface area (Å²) < 4.78 is 41.6. The van der Waals surface area contributed by atoms with Gasteiger partial charge in [0.05, 0.1) is 12.7 Å². The van der Waals surface area contributed by atoms with Gasteiger partial charge in [0, 0.05) is 5.56 Å². The molecule has 74 valence electrons. The van der Waals surface area contributed by atoms with Crippen LogP contribution in [0.4, 0.5) is 13.2 Å². The van der Waals surface area contributed by atoms with Crippen LogP contribution in [0.25, 0.3) is 0 Å². The highest BCUT2D eigenvalue weighted by Gasteiger charge is 2.31. The van der Waals surface area contributed by atoms with Crippen molar-refractivity contribution in [2.24, 2.45) is 0 Å². The van der Waals surface area contributed by atoms with Gasteiger partial charge >= 0.3 is 6.18 Å². The summed E-state index contributed by atoms with van der Waals surface area (Å²) in [4.78, 5) is 0. The van der Waals surface area contributed by atoms with Crippen molar-refractivity contribution >= 4 is 0 Å². The first-order valence-corrected chi connectivity index (χ1v) is 3.70. The summed E-state index contributed by atoms with van der Waals surface area (Å²) in [6.45, 7) is 0. The lowest BCUT2D eigenvalue weighted by Gasteiger charge is -2.09. The number of methoxy groups -OCH3 is 1. The summed E-state index contributed by atoms with van der Waals surface area (Å²) in [5.74, 6) is 2.24. The van der Waals surface area contributed by atoms with E-state index in [1.807, 2.05) is 0 Å². The Labute approximate surface area is 79.5 Å². The number of hydrogen-bond donors (Lipinski definition) is 0. The highest BCUT2D eigenvalue weighted by molar-refractivity contribution is 5.43. The molecule has 0 saturated heterocycles. The Morgan fingerprint density at radius 2 is 1.93 bits per heavy atom. The van der Waals surface area contributed by atoms with Gasteiger partial charge in [0.2, 0.25) is 0 Å². The molecule has 0 radical (unpaired) electrons. The van der Waals surface area contributed by atoms with Crippen LogP contribution in [0.2, 0.25) is 0 Å². The van der Waals surface area contributed by atoms with E-state index < -0.39 is 11.7 Å². The maximum Gasteiger partial charge on any atom is 0.416 e. The number of ether oxygens (including phenoxy) is 1.